The fourth-order valence-electron chi connectivity index (χ4n) is 8.41. The lowest BCUT2D eigenvalue weighted by molar-refractivity contribution is 1.16. The number of fused-ring (bicyclic) bond motifs is 10. The van der Waals surface area contributed by atoms with E-state index in [0.29, 0.717) is 5.56 Å². The molecule has 0 saturated carbocycles. The van der Waals surface area contributed by atoms with E-state index < -0.39 is 0 Å². The van der Waals surface area contributed by atoms with Gasteiger partial charge in [-0.15, -0.1) is 0 Å². The van der Waals surface area contributed by atoms with Crippen molar-refractivity contribution in [3.8, 4) is 23.1 Å². The normalized spacial score (nSPS) is 11.8. The van der Waals surface area contributed by atoms with E-state index in [-0.39, 0.29) is 0 Å². The molecular weight excluding hydrogens is 677 g/mol. The molecule has 0 aliphatic rings. The van der Waals surface area contributed by atoms with Crippen LogP contribution in [0.3, 0.4) is 0 Å². The van der Waals surface area contributed by atoms with Crippen LogP contribution in [0, 0.1) is 11.3 Å². The van der Waals surface area contributed by atoms with Gasteiger partial charge in [-0.3, -0.25) is 0 Å². The average Bonchev–Trinajstić information content (AvgIpc) is 3.86. The Morgan fingerprint density at radius 3 is 1.44 bits per heavy atom. The van der Waals surface area contributed by atoms with Crippen molar-refractivity contribution in [1.82, 2.24) is 13.7 Å². The Bertz CT molecular complexity index is 3270. The lowest BCUT2D eigenvalue weighted by Crippen LogP contribution is -1.96. The Labute approximate surface area is 315 Å². The maximum Gasteiger partial charge on any atom is 0.0991 e. The van der Waals surface area contributed by atoms with Crippen molar-refractivity contribution in [3.05, 3.63) is 188 Å². The summed E-state index contributed by atoms with van der Waals surface area (Å²) >= 11 is 1.70. The van der Waals surface area contributed by atoms with Gasteiger partial charge in [0.05, 0.1) is 44.7 Å². The summed E-state index contributed by atoms with van der Waals surface area (Å²) in [5.74, 6) is 0. The fraction of sp³-hybridized carbons (Fsp3) is 0. The maximum absolute atomic E-state index is 9.26. The van der Waals surface area contributed by atoms with E-state index >= 15 is 0 Å². The van der Waals surface area contributed by atoms with Crippen molar-refractivity contribution < 1.29 is 0 Å². The Kier molecular flexibility index (Phi) is 6.82. The molecule has 252 valence electrons. The number of aromatic nitrogens is 3. The molecule has 8 aromatic carbocycles. The summed E-state index contributed by atoms with van der Waals surface area (Å²) < 4.78 is 7.25. The minimum atomic E-state index is 0.669. The van der Waals surface area contributed by atoms with Crippen LogP contribution in [0.4, 0.5) is 0 Å². The van der Waals surface area contributed by atoms with Gasteiger partial charge in [-0.25, -0.2) is 0 Å². The van der Waals surface area contributed by atoms with E-state index in [1.165, 1.54) is 59.9 Å². The van der Waals surface area contributed by atoms with Crippen molar-refractivity contribution in [1.29, 1.82) is 5.26 Å². The highest BCUT2D eigenvalue weighted by molar-refractivity contribution is 7.99. The molecule has 0 atom stereocenters. The van der Waals surface area contributed by atoms with Crippen LogP contribution in [0.2, 0.25) is 0 Å². The number of hydrogen-bond acceptors (Lipinski definition) is 2. The topological polar surface area (TPSA) is 38.6 Å². The lowest BCUT2D eigenvalue weighted by atomic mass is 10.0. The third-order valence-electron chi connectivity index (χ3n) is 10.7. The molecule has 0 N–H and O–H groups in total. The molecule has 11 aromatic rings. The van der Waals surface area contributed by atoms with Crippen LogP contribution in [0.5, 0.6) is 0 Å². The first kappa shape index (κ1) is 30.6. The third kappa shape index (κ3) is 4.57. The molecule has 0 radical (unpaired) electrons. The van der Waals surface area contributed by atoms with Gasteiger partial charge >= 0.3 is 0 Å². The molecule has 0 fully saturated rings. The van der Waals surface area contributed by atoms with Gasteiger partial charge in [0.25, 0.3) is 0 Å². The van der Waals surface area contributed by atoms with Gasteiger partial charge in [-0.1, -0.05) is 84.6 Å². The maximum atomic E-state index is 9.26. The van der Waals surface area contributed by atoms with Crippen molar-refractivity contribution >= 4 is 77.2 Å². The average molecular weight is 707 g/mol. The van der Waals surface area contributed by atoms with Crippen LogP contribution in [-0.2, 0) is 0 Å². The first-order chi connectivity index (χ1) is 26.7. The van der Waals surface area contributed by atoms with Crippen molar-refractivity contribution in [2.24, 2.45) is 0 Å². The minimum absolute atomic E-state index is 0.669. The molecule has 0 amide bonds. The first-order valence-electron chi connectivity index (χ1n) is 18.1. The molecule has 5 heteroatoms. The van der Waals surface area contributed by atoms with Gasteiger partial charge in [0.15, 0.2) is 0 Å². The predicted molar refractivity (Wildman–Crippen MR) is 225 cm³/mol. The lowest BCUT2D eigenvalue weighted by Gasteiger charge is -2.11. The molecule has 11 rings (SSSR count). The van der Waals surface area contributed by atoms with Gasteiger partial charge in [0, 0.05) is 59.2 Å². The summed E-state index contributed by atoms with van der Waals surface area (Å²) in [4.78, 5) is 2.25. The van der Waals surface area contributed by atoms with E-state index in [4.69, 9.17) is 0 Å². The van der Waals surface area contributed by atoms with Crippen molar-refractivity contribution in [2.75, 3.05) is 0 Å². The zero-order valence-electron chi connectivity index (χ0n) is 29.0. The minimum Gasteiger partial charge on any atom is -0.309 e. The molecule has 0 bridgehead atoms. The SMILES string of the molecule is N#Cc1ccc(Sc2ccc(-n3c4cc5c(cc4c4c6c7ccccc7n(-c7ccccc7)c6ccc43)c3ccccc3n5-c3ccccc3)cc2)cc1. The summed E-state index contributed by atoms with van der Waals surface area (Å²) in [6.45, 7) is 0. The van der Waals surface area contributed by atoms with E-state index in [1.807, 2.05) is 24.3 Å². The summed E-state index contributed by atoms with van der Waals surface area (Å²) in [6, 6.07) is 67.3. The highest BCUT2D eigenvalue weighted by atomic mass is 32.2. The molecule has 4 nitrogen and oxygen atoms in total. The van der Waals surface area contributed by atoms with Crippen LogP contribution in [-0.4, -0.2) is 13.7 Å². The Hall–Kier alpha value is -7.00. The molecule has 0 spiro atoms. The van der Waals surface area contributed by atoms with Gasteiger partial charge in [-0.2, -0.15) is 5.26 Å². The number of rotatable bonds is 5. The number of nitrogens with zero attached hydrogens (tertiary/aromatic N) is 4. The molecule has 54 heavy (non-hydrogen) atoms. The molecule has 0 unspecified atom stereocenters. The second kappa shape index (κ2) is 12.0. The van der Waals surface area contributed by atoms with Crippen LogP contribution >= 0.6 is 11.8 Å². The fourth-order valence-corrected chi connectivity index (χ4v) is 9.23. The number of nitriles is 1. The second-order valence-electron chi connectivity index (χ2n) is 13.7. The standard InChI is InChI=1S/C49H30N4S/c50-31-32-19-23-36(24-20-32)54-37-25-21-35(22-26-37)53-45-28-27-44-48(39-16-8-10-18-43(39)51(44)33-11-3-1-4-12-33)49(45)41-29-40-38-15-7-9-17-42(38)52(46(40)30-47(41)53)34-13-5-2-6-14-34/h1-30H. The quantitative estimate of drug-likeness (QED) is 0.179. The van der Waals surface area contributed by atoms with E-state index in [0.717, 1.165) is 32.4 Å². The monoisotopic (exact) mass is 706 g/mol. The van der Waals surface area contributed by atoms with Gasteiger partial charge < -0.3 is 13.7 Å². The zero-order valence-corrected chi connectivity index (χ0v) is 29.8. The molecule has 3 heterocycles. The Balaban J connectivity index is 1.24. The van der Waals surface area contributed by atoms with Gasteiger partial charge in [0.2, 0.25) is 0 Å². The highest BCUT2D eigenvalue weighted by Crippen LogP contribution is 2.45. The van der Waals surface area contributed by atoms with Crippen LogP contribution in [0.15, 0.2) is 192 Å². The van der Waals surface area contributed by atoms with E-state index in [9.17, 15) is 5.26 Å². The van der Waals surface area contributed by atoms with E-state index in [2.05, 4.69) is 177 Å². The van der Waals surface area contributed by atoms with Gasteiger partial charge in [-0.05, 0) is 109 Å². The molecule has 0 aliphatic heterocycles. The molecular formula is C49H30N4S. The summed E-state index contributed by atoms with van der Waals surface area (Å²) in [5, 5.41) is 16.7. The highest BCUT2D eigenvalue weighted by Gasteiger charge is 2.23. The third-order valence-corrected chi connectivity index (χ3v) is 11.7. The molecule has 3 aromatic heterocycles. The second-order valence-corrected chi connectivity index (χ2v) is 14.8. The summed E-state index contributed by atoms with van der Waals surface area (Å²) in [6.07, 6.45) is 0. The smallest absolute Gasteiger partial charge is 0.0991 e. The Morgan fingerprint density at radius 2 is 0.815 bits per heavy atom. The van der Waals surface area contributed by atoms with E-state index in [1.54, 1.807) is 11.8 Å². The van der Waals surface area contributed by atoms with Gasteiger partial charge in [0.1, 0.15) is 0 Å². The summed E-state index contributed by atoms with van der Waals surface area (Å²) in [5.41, 5.74) is 11.1. The van der Waals surface area contributed by atoms with Crippen LogP contribution in [0.25, 0.3) is 82.5 Å². The van der Waals surface area contributed by atoms with Crippen LogP contribution in [0.1, 0.15) is 5.56 Å². The largest absolute Gasteiger partial charge is 0.309 e. The van der Waals surface area contributed by atoms with Crippen LogP contribution < -0.4 is 0 Å². The van der Waals surface area contributed by atoms with Crippen molar-refractivity contribution in [3.63, 3.8) is 0 Å². The first-order valence-corrected chi connectivity index (χ1v) is 18.9. The number of para-hydroxylation sites is 4. The predicted octanol–water partition coefficient (Wildman–Crippen LogP) is 13.0. The van der Waals surface area contributed by atoms with Crippen molar-refractivity contribution in [2.45, 2.75) is 9.79 Å². The number of benzene rings is 8. The summed E-state index contributed by atoms with van der Waals surface area (Å²) in [7, 11) is 0. The molecule has 0 aliphatic carbocycles. The molecule has 0 saturated heterocycles. The Morgan fingerprint density at radius 1 is 0.352 bits per heavy atom. The zero-order chi connectivity index (χ0) is 35.8. The number of hydrogen-bond donors (Lipinski definition) is 0.